The largest absolute Gasteiger partial charge is 0.453 e. The van der Waals surface area contributed by atoms with E-state index in [4.69, 9.17) is 4.42 Å². The smallest absolute Gasteiger partial charge is 0.198 e. The van der Waals surface area contributed by atoms with Gasteiger partial charge in [0.1, 0.15) is 5.58 Å². The highest BCUT2D eigenvalue weighted by Crippen LogP contribution is 2.28. The lowest BCUT2D eigenvalue weighted by molar-refractivity contribution is 0.0929. The summed E-state index contributed by atoms with van der Waals surface area (Å²) in [6.45, 7) is 8.74. The van der Waals surface area contributed by atoms with Crippen LogP contribution in [0.2, 0.25) is 0 Å². The van der Waals surface area contributed by atoms with E-state index in [1.807, 2.05) is 30.3 Å². The van der Waals surface area contributed by atoms with Gasteiger partial charge in [0.25, 0.3) is 0 Å². The van der Waals surface area contributed by atoms with Crippen LogP contribution in [0.3, 0.4) is 0 Å². The summed E-state index contributed by atoms with van der Waals surface area (Å²) in [5.41, 5.74) is 1.04. The first-order valence-corrected chi connectivity index (χ1v) is 6.87. The molecule has 2 aromatic rings. The molecular formula is C17H22O2. The summed E-state index contributed by atoms with van der Waals surface area (Å²) in [4.78, 5) is 12.2. The van der Waals surface area contributed by atoms with Gasteiger partial charge >= 0.3 is 0 Å². The molecule has 0 radical (unpaired) electrons. The number of furan rings is 1. The molecule has 0 N–H and O–H groups in total. The molecule has 1 heterocycles. The van der Waals surface area contributed by atoms with Crippen molar-refractivity contribution in [1.29, 1.82) is 0 Å². The molecule has 102 valence electrons. The van der Waals surface area contributed by atoms with Crippen molar-refractivity contribution in [2.75, 3.05) is 0 Å². The number of para-hydroxylation sites is 1. The van der Waals surface area contributed by atoms with Gasteiger partial charge in [-0.15, -0.1) is 0 Å². The SMILES string of the molecule is CC(CC(=O)c1cc2ccccc2o1)CC(C)(C)C. The fraction of sp³-hybridized carbons (Fsp3) is 0.471. The minimum absolute atomic E-state index is 0.105. The Morgan fingerprint density at radius 3 is 2.58 bits per heavy atom. The fourth-order valence-corrected chi connectivity index (χ4v) is 2.65. The second-order valence-electron chi connectivity index (χ2n) is 6.65. The predicted molar refractivity (Wildman–Crippen MR) is 78.4 cm³/mol. The van der Waals surface area contributed by atoms with Crippen molar-refractivity contribution in [1.82, 2.24) is 0 Å². The molecule has 2 nitrogen and oxygen atoms in total. The van der Waals surface area contributed by atoms with Crippen LogP contribution in [0.1, 0.15) is 51.1 Å². The first kappa shape index (κ1) is 13.9. The molecule has 0 amide bonds. The van der Waals surface area contributed by atoms with E-state index in [0.717, 1.165) is 17.4 Å². The van der Waals surface area contributed by atoms with Crippen LogP contribution in [0.15, 0.2) is 34.7 Å². The molecule has 2 rings (SSSR count). The van der Waals surface area contributed by atoms with Crippen molar-refractivity contribution in [3.8, 4) is 0 Å². The van der Waals surface area contributed by atoms with Crippen molar-refractivity contribution in [2.24, 2.45) is 11.3 Å². The van der Waals surface area contributed by atoms with Crippen LogP contribution in [0.4, 0.5) is 0 Å². The Morgan fingerprint density at radius 2 is 1.95 bits per heavy atom. The second-order valence-corrected chi connectivity index (χ2v) is 6.65. The number of carbonyl (C=O) groups is 1. The molecule has 1 aromatic heterocycles. The molecule has 0 aliphatic heterocycles. The molecule has 1 atom stereocenters. The van der Waals surface area contributed by atoms with Crippen molar-refractivity contribution in [2.45, 2.75) is 40.5 Å². The molecular weight excluding hydrogens is 236 g/mol. The van der Waals surface area contributed by atoms with Crippen LogP contribution in [0, 0.1) is 11.3 Å². The standard InChI is InChI=1S/C17H22O2/c1-12(11-17(2,3)4)9-14(18)16-10-13-7-5-6-8-15(13)19-16/h5-8,10,12H,9,11H2,1-4H3. The van der Waals surface area contributed by atoms with Gasteiger partial charge in [-0.3, -0.25) is 4.79 Å². The summed E-state index contributed by atoms with van der Waals surface area (Å²) in [6.07, 6.45) is 1.59. The molecule has 1 aromatic carbocycles. The predicted octanol–water partition coefficient (Wildman–Crippen LogP) is 5.08. The van der Waals surface area contributed by atoms with Gasteiger partial charge in [-0.05, 0) is 29.9 Å². The van der Waals surface area contributed by atoms with Crippen molar-refractivity contribution in [3.05, 3.63) is 36.1 Å². The molecule has 0 bridgehead atoms. The zero-order valence-electron chi connectivity index (χ0n) is 12.2. The number of hydrogen-bond donors (Lipinski definition) is 0. The summed E-state index contributed by atoms with van der Waals surface area (Å²) in [5, 5.41) is 0.995. The Morgan fingerprint density at radius 1 is 1.26 bits per heavy atom. The van der Waals surface area contributed by atoms with E-state index in [1.54, 1.807) is 0 Å². The van der Waals surface area contributed by atoms with E-state index in [9.17, 15) is 4.79 Å². The number of rotatable bonds is 4. The first-order chi connectivity index (χ1) is 8.85. The highest BCUT2D eigenvalue weighted by Gasteiger charge is 2.20. The molecule has 1 unspecified atom stereocenters. The van der Waals surface area contributed by atoms with E-state index >= 15 is 0 Å². The molecule has 19 heavy (non-hydrogen) atoms. The average Bonchev–Trinajstić information content (AvgIpc) is 2.69. The molecule has 0 saturated carbocycles. The zero-order chi connectivity index (χ0) is 14.0. The zero-order valence-corrected chi connectivity index (χ0v) is 12.2. The Balaban J connectivity index is 2.07. The Labute approximate surface area is 114 Å². The average molecular weight is 258 g/mol. The van der Waals surface area contributed by atoms with Crippen molar-refractivity contribution in [3.63, 3.8) is 0 Å². The third-order valence-electron chi connectivity index (χ3n) is 3.20. The van der Waals surface area contributed by atoms with E-state index in [2.05, 4.69) is 27.7 Å². The Bertz CT molecular complexity index is 539. The molecule has 0 spiro atoms. The van der Waals surface area contributed by atoms with Crippen LogP contribution in [0.25, 0.3) is 11.0 Å². The van der Waals surface area contributed by atoms with Gasteiger partial charge < -0.3 is 4.42 Å². The second kappa shape index (κ2) is 5.20. The van der Waals surface area contributed by atoms with Crippen LogP contribution in [-0.4, -0.2) is 5.78 Å². The third kappa shape index (κ3) is 3.69. The van der Waals surface area contributed by atoms with Gasteiger partial charge in [0.05, 0.1) is 0 Å². The van der Waals surface area contributed by atoms with Crippen molar-refractivity contribution < 1.29 is 9.21 Å². The number of carbonyl (C=O) groups excluding carboxylic acids is 1. The highest BCUT2D eigenvalue weighted by molar-refractivity contribution is 5.97. The summed E-state index contributed by atoms with van der Waals surface area (Å²) < 4.78 is 5.61. The van der Waals surface area contributed by atoms with Crippen LogP contribution < -0.4 is 0 Å². The quantitative estimate of drug-likeness (QED) is 0.716. The molecule has 0 saturated heterocycles. The summed E-state index contributed by atoms with van der Waals surface area (Å²) in [5.74, 6) is 0.968. The number of hydrogen-bond acceptors (Lipinski definition) is 2. The van der Waals surface area contributed by atoms with Gasteiger partial charge in [0.15, 0.2) is 11.5 Å². The maximum absolute atomic E-state index is 12.2. The lowest BCUT2D eigenvalue weighted by Gasteiger charge is -2.22. The van der Waals surface area contributed by atoms with E-state index in [0.29, 0.717) is 18.1 Å². The minimum atomic E-state index is 0.105. The lowest BCUT2D eigenvalue weighted by atomic mass is 9.83. The minimum Gasteiger partial charge on any atom is -0.453 e. The molecule has 0 aliphatic carbocycles. The summed E-state index contributed by atoms with van der Waals surface area (Å²) >= 11 is 0. The number of fused-ring (bicyclic) bond motifs is 1. The van der Waals surface area contributed by atoms with Crippen LogP contribution in [0.5, 0.6) is 0 Å². The molecule has 2 heteroatoms. The maximum atomic E-state index is 12.2. The molecule has 0 aliphatic rings. The summed E-state index contributed by atoms with van der Waals surface area (Å²) in [6, 6.07) is 9.58. The number of Topliss-reactive ketones (excluding diaryl/α,β-unsaturated/α-hetero) is 1. The van der Waals surface area contributed by atoms with Crippen LogP contribution in [-0.2, 0) is 0 Å². The summed E-state index contributed by atoms with van der Waals surface area (Å²) in [7, 11) is 0. The van der Waals surface area contributed by atoms with Gasteiger partial charge in [0.2, 0.25) is 0 Å². The Kier molecular flexibility index (Phi) is 3.79. The lowest BCUT2D eigenvalue weighted by Crippen LogP contribution is -2.14. The van der Waals surface area contributed by atoms with E-state index < -0.39 is 0 Å². The van der Waals surface area contributed by atoms with Crippen LogP contribution >= 0.6 is 0 Å². The first-order valence-electron chi connectivity index (χ1n) is 6.87. The Hall–Kier alpha value is -1.57. The fourth-order valence-electron chi connectivity index (χ4n) is 2.65. The molecule has 0 fully saturated rings. The highest BCUT2D eigenvalue weighted by atomic mass is 16.3. The maximum Gasteiger partial charge on any atom is 0.198 e. The van der Waals surface area contributed by atoms with Crippen molar-refractivity contribution >= 4 is 16.8 Å². The third-order valence-corrected chi connectivity index (χ3v) is 3.20. The van der Waals surface area contributed by atoms with Gasteiger partial charge in [0, 0.05) is 11.8 Å². The number of ketones is 1. The normalized spacial score (nSPS) is 13.7. The van der Waals surface area contributed by atoms with Gasteiger partial charge in [-0.25, -0.2) is 0 Å². The van der Waals surface area contributed by atoms with Gasteiger partial charge in [-0.2, -0.15) is 0 Å². The van der Waals surface area contributed by atoms with Gasteiger partial charge in [-0.1, -0.05) is 45.9 Å². The van der Waals surface area contributed by atoms with E-state index in [-0.39, 0.29) is 11.2 Å². The number of benzene rings is 1. The van der Waals surface area contributed by atoms with E-state index in [1.165, 1.54) is 0 Å². The topological polar surface area (TPSA) is 30.2 Å². The monoisotopic (exact) mass is 258 g/mol.